The largest absolute Gasteiger partial charge is 0.394 e. The van der Waals surface area contributed by atoms with E-state index in [2.05, 4.69) is 17.2 Å². The zero-order valence-corrected chi connectivity index (χ0v) is 11.1. The number of thiazole rings is 1. The molecule has 1 aromatic rings. The second-order valence-electron chi connectivity index (χ2n) is 4.53. The second kappa shape index (κ2) is 5.49. The molecule has 0 saturated heterocycles. The Kier molecular flexibility index (Phi) is 4.24. The fourth-order valence-electron chi connectivity index (χ4n) is 1.56. The summed E-state index contributed by atoms with van der Waals surface area (Å²) in [7, 11) is 0. The van der Waals surface area contributed by atoms with Crippen LogP contribution in [0.3, 0.4) is 0 Å². The lowest BCUT2D eigenvalue weighted by Gasteiger charge is -2.28. The van der Waals surface area contributed by atoms with Crippen LogP contribution in [0, 0.1) is 0 Å². The van der Waals surface area contributed by atoms with Gasteiger partial charge in [0.05, 0.1) is 6.61 Å². The summed E-state index contributed by atoms with van der Waals surface area (Å²) in [6, 6.07) is 0.641. The maximum atomic E-state index is 9.43. The van der Waals surface area contributed by atoms with Gasteiger partial charge in [-0.3, -0.25) is 0 Å². The average molecular weight is 258 g/mol. The highest BCUT2D eigenvalue weighted by atomic mass is 32.2. The molecule has 1 aromatic heterocycles. The molecule has 2 N–H and O–H groups in total. The molecule has 16 heavy (non-hydrogen) atoms. The fraction of sp³-hybridized carbons (Fsp3) is 0.727. The predicted octanol–water partition coefficient (Wildman–Crippen LogP) is 2.13. The lowest BCUT2D eigenvalue weighted by molar-refractivity contribution is 0.169. The summed E-state index contributed by atoms with van der Waals surface area (Å²) in [4.78, 5) is 4.23. The molecule has 2 rings (SSSR count). The van der Waals surface area contributed by atoms with Gasteiger partial charge in [0, 0.05) is 28.9 Å². The van der Waals surface area contributed by atoms with Gasteiger partial charge in [-0.2, -0.15) is 0 Å². The lowest BCUT2D eigenvalue weighted by atomic mass is 10.0. The quantitative estimate of drug-likeness (QED) is 0.736. The second-order valence-corrected chi connectivity index (χ2v) is 6.77. The van der Waals surface area contributed by atoms with Gasteiger partial charge in [0.1, 0.15) is 4.34 Å². The van der Waals surface area contributed by atoms with Crippen molar-refractivity contribution in [2.45, 2.75) is 42.1 Å². The summed E-state index contributed by atoms with van der Waals surface area (Å²) in [5.74, 6) is 1.00. The minimum Gasteiger partial charge on any atom is -0.394 e. The number of nitrogens with zero attached hydrogens (tertiary/aromatic N) is 1. The van der Waals surface area contributed by atoms with Crippen LogP contribution >= 0.6 is 23.1 Å². The molecule has 0 amide bonds. The third kappa shape index (κ3) is 3.73. The number of aromatic nitrogens is 1. The Morgan fingerprint density at radius 3 is 3.06 bits per heavy atom. The Morgan fingerprint density at radius 1 is 1.69 bits per heavy atom. The van der Waals surface area contributed by atoms with Crippen molar-refractivity contribution in [3.63, 3.8) is 0 Å². The minimum atomic E-state index is -0.120. The third-order valence-electron chi connectivity index (χ3n) is 2.77. The van der Waals surface area contributed by atoms with Crippen LogP contribution in [0.15, 0.2) is 15.9 Å². The van der Waals surface area contributed by atoms with E-state index in [9.17, 15) is 5.11 Å². The molecule has 1 aliphatic rings. The Balaban J connectivity index is 1.73. The maximum absolute atomic E-state index is 9.43. The van der Waals surface area contributed by atoms with Crippen molar-refractivity contribution in [2.24, 2.45) is 0 Å². The molecule has 0 bridgehead atoms. The van der Waals surface area contributed by atoms with Gasteiger partial charge in [0.15, 0.2) is 0 Å². The molecule has 1 unspecified atom stereocenters. The van der Waals surface area contributed by atoms with Crippen molar-refractivity contribution in [1.82, 2.24) is 10.3 Å². The molecule has 0 radical (unpaired) electrons. The minimum absolute atomic E-state index is 0.120. The van der Waals surface area contributed by atoms with Crippen LogP contribution in [0.25, 0.3) is 0 Å². The molecule has 3 nitrogen and oxygen atoms in total. The Labute approximate surface area is 105 Å². The van der Waals surface area contributed by atoms with Crippen LogP contribution in [0.5, 0.6) is 0 Å². The number of hydrogen-bond acceptors (Lipinski definition) is 5. The number of aliphatic hydroxyl groups is 1. The predicted molar refractivity (Wildman–Crippen MR) is 69.1 cm³/mol. The van der Waals surface area contributed by atoms with Gasteiger partial charge in [-0.1, -0.05) is 11.8 Å². The first-order valence-corrected chi connectivity index (χ1v) is 7.49. The molecule has 0 aliphatic heterocycles. The van der Waals surface area contributed by atoms with Crippen LogP contribution in [0.1, 0.15) is 26.2 Å². The van der Waals surface area contributed by atoms with Crippen LogP contribution in [0.2, 0.25) is 0 Å². The fourth-order valence-corrected chi connectivity index (χ4v) is 3.47. The monoisotopic (exact) mass is 258 g/mol. The highest BCUT2D eigenvalue weighted by Crippen LogP contribution is 2.27. The summed E-state index contributed by atoms with van der Waals surface area (Å²) >= 11 is 3.45. The van der Waals surface area contributed by atoms with E-state index >= 15 is 0 Å². The first-order valence-electron chi connectivity index (χ1n) is 5.63. The molecule has 1 heterocycles. The summed E-state index contributed by atoms with van der Waals surface area (Å²) < 4.78 is 1.12. The molecule has 0 spiro atoms. The molecular formula is C11H18N2OS2. The van der Waals surface area contributed by atoms with E-state index < -0.39 is 0 Å². The molecule has 90 valence electrons. The molecule has 1 fully saturated rings. The zero-order valence-electron chi connectivity index (χ0n) is 9.48. The van der Waals surface area contributed by atoms with Crippen molar-refractivity contribution in [2.75, 3.05) is 12.4 Å². The highest BCUT2D eigenvalue weighted by Gasteiger charge is 2.31. The topological polar surface area (TPSA) is 45.2 Å². The summed E-state index contributed by atoms with van der Waals surface area (Å²) in [6.07, 6.45) is 5.33. The first kappa shape index (κ1) is 12.4. The highest BCUT2D eigenvalue weighted by molar-refractivity contribution is 8.00. The van der Waals surface area contributed by atoms with E-state index in [-0.39, 0.29) is 12.1 Å². The number of thioether (sulfide) groups is 1. The van der Waals surface area contributed by atoms with Gasteiger partial charge in [0.2, 0.25) is 0 Å². The maximum Gasteiger partial charge on any atom is 0.149 e. The van der Waals surface area contributed by atoms with E-state index in [4.69, 9.17) is 0 Å². The third-order valence-corrected chi connectivity index (χ3v) is 4.74. The van der Waals surface area contributed by atoms with Crippen molar-refractivity contribution < 1.29 is 5.11 Å². The van der Waals surface area contributed by atoms with Gasteiger partial charge in [0.25, 0.3) is 0 Å². The summed E-state index contributed by atoms with van der Waals surface area (Å²) in [5, 5.41) is 14.9. The number of nitrogens with one attached hydrogen (secondary N) is 1. The van der Waals surface area contributed by atoms with Gasteiger partial charge in [-0.25, -0.2) is 4.98 Å². The molecule has 0 aromatic carbocycles. The van der Waals surface area contributed by atoms with E-state index in [0.29, 0.717) is 6.04 Å². The van der Waals surface area contributed by atoms with E-state index in [1.54, 1.807) is 23.1 Å². The first-order chi connectivity index (χ1) is 7.72. The normalized spacial score (nSPS) is 19.6. The van der Waals surface area contributed by atoms with Crippen molar-refractivity contribution in [1.29, 1.82) is 0 Å². The molecule has 1 atom stereocenters. The van der Waals surface area contributed by atoms with Crippen LogP contribution < -0.4 is 5.32 Å². The smallest absolute Gasteiger partial charge is 0.149 e. The van der Waals surface area contributed by atoms with E-state index in [1.807, 2.05) is 11.6 Å². The number of rotatable bonds is 7. The van der Waals surface area contributed by atoms with Gasteiger partial charge in [-0.05, 0) is 26.2 Å². The van der Waals surface area contributed by atoms with Crippen LogP contribution in [-0.2, 0) is 0 Å². The number of hydrogen-bond donors (Lipinski definition) is 2. The zero-order chi connectivity index (χ0) is 11.4. The summed E-state index contributed by atoms with van der Waals surface area (Å²) in [5.41, 5.74) is -0.120. The van der Waals surface area contributed by atoms with Gasteiger partial charge in [-0.15, -0.1) is 11.3 Å². The van der Waals surface area contributed by atoms with Gasteiger partial charge < -0.3 is 10.4 Å². The number of aliphatic hydroxyl groups excluding tert-OH is 1. The van der Waals surface area contributed by atoms with Crippen molar-refractivity contribution >= 4 is 23.1 Å². The van der Waals surface area contributed by atoms with E-state index in [0.717, 1.165) is 16.5 Å². The molecule has 5 heteroatoms. The SMILES string of the molecule is CC(CO)(CCSc1nccs1)NC1CC1. The van der Waals surface area contributed by atoms with Crippen LogP contribution in [0.4, 0.5) is 0 Å². The van der Waals surface area contributed by atoms with E-state index in [1.165, 1.54) is 12.8 Å². The van der Waals surface area contributed by atoms with Crippen molar-refractivity contribution in [3.8, 4) is 0 Å². The summed E-state index contributed by atoms with van der Waals surface area (Å²) in [6.45, 7) is 2.32. The Bertz CT molecular complexity index is 314. The molecule has 1 saturated carbocycles. The molecule has 1 aliphatic carbocycles. The lowest BCUT2D eigenvalue weighted by Crippen LogP contribution is -2.47. The van der Waals surface area contributed by atoms with Crippen LogP contribution in [-0.4, -0.2) is 34.0 Å². The molecular weight excluding hydrogens is 240 g/mol. The Hall–Kier alpha value is -0.100. The standard InChI is InChI=1S/C11H18N2OS2/c1-11(8-14,13-9-2-3-9)4-6-15-10-12-5-7-16-10/h5,7,9,13-14H,2-4,6,8H2,1H3. The average Bonchev–Trinajstić information content (AvgIpc) is 2.92. The Morgan fingerprint density at radius 2 is 2.50 bits per heavy atom. The van der Waals surface area contributed by atoms with Crippen molar-refractivity contribution in [3.05, 3.63) is 11.6 Å². The van der Waals surface area contributed by atoms with Gasteiger partial charge >= 0.3 is 0 Å².